The van der Waals surface area contributed by atoms with Crippen LogP contribution in [0.3, 0.4) is 0 Å². The molecule has 15 heteroatoms. The molecule has 4 N–H and O–H groups in total. The summed E-state index contributed by atoms with van der Waals surface area (Å²) in [6.07, 6.45) is -4.19. The molecule has 1 saturated heterocycles. The van der Waals surface area contributed by atoms with E-state index in [1.54, 1.807) is 0 Å². The van der Waals surface area contributed by atoms with Crippen molar-refractivity contribution in [3.8, 4) is 0 Å². The number of carbonyl (C=O) groups is 1. The molecule has 166 valence electrons. The Labute approximate surface area is 177 Å². The van der Waals surface area contributed by atoms with Gasteiger partial charge in [0.1, 0.15) is 10.7 Å². The number of halogens is 5. The molecule has 1 aromatic heterocycles. The summed E-state index contributed by atoms with van der Waals surface area (Å²) >= 11 is 7.34. The molecule has 1 aliphatic rings. The number of rotatable bonds is 5. The van der Waals surface area contributed by atoms with E-state index in [1.807, 2.05) is 0 Å². The van der Waals surface area contributed by atoms with Crippen LogP contribution in [0.2, 0.25) is 5.02 Å². The number of alkyl halides is 3. The van der Waals surface area contributed by atoms with Crippen LogP contribution in [0.25, 0.3) is 0 Å². The van der Waals surface area contributed by atoms with E-state index in [4.69, 9.17) is 21.5 Å². The molecular weight excluding hydrogens is 476 g/mol. The lowest BCUT2D eigenvalue weighted by Gasteiger charge is -2.16. The number of nitrogens with one attached hydrogen (secondary N) is 3. The number of hydrogen-bond donors (Lipinski definition) is 4. The fourth-order valence-electron chi connectivity index (χ4n) is 2.30. The number of benzene rings is 1. The van der Waals surface area contributed by atoms with Crippen molar-refractivity contribution in [3.05, 3.63) is 33.9 Å². The monoisotopic (exact) mass is 490 g/mol. The fraction of sp³-hybridized carbons (Fsp3) is 0.333. The average Bonchev–Trinajstić information content (AvgIpc) is 3.31. The Bertz CT molecular complexity index is 981. The number of carboxylic acid groups (broad SMARTS) is 1. The molecule has 2 aromatic rings. The number of hydrogen-bond acceptors (Lipinski definition) is 7. The average molecular weight is 491 g/mol. The molecule has 0 spiro atoms. The van der Waals surface area contributed by atoms with Crippen LogP contribution >= 0.6 is 22.9 Å². The summed E-state index contributed by atoms with van der Waals surface area (Å²) in [4.78, 5) is 12.2. The predicted molar refractivity (Wildman–Crippen MR) is 103 cm³/mol. The molecule has 0 amide bonds. The highest BCUT2D eigenvalue weighted by molar-refractivity contribution is 7.92. The fourth-order valence-corrected chi connectivity index (χ4v) is 4.23. The lowest BCUT2D eigenvalue weighted by Crippen LogP contribution is -2.22. The third kappa shape index (κ3) is 6.68. The van der Waals surface area contributed by atoms with Crippen LogP contribution in [0, 0.1) is 5.82 Å². The molecule has 1 atom stereocenters. The van der Waals surface area contributed by atoms with Crippen LogP contribution in [-0.2, 0) is 14.8 Å². The van der Waals surface area contributed by atoms with Crippen molar-refractivity contribution in [3.63, 3.8) is 0 Å². The molecule has 2 heterocycles. The summed E-state index contributed by atoms with van der Waals surface area (Å²) in [6.45, 7) is 1.63. The SMILES string of the molecule is O=C(O)C(F)(F)F.O=S(=O)(Nc1cscn1)c1cc(Cl)c(N[C@@H]2CCNC2)cc1F. The highest BCUT2D eigenvalue weighted by Gasteiger charge is 2.38. The van der Waals surface area contributed by atoms with Crippen molar-refractivity contribution in [2.45, 2.75) is 23.5 Å². The Kier molecular flexibility index (Phi) is 7.85. The van der Waals surface area contributed by atoms with Gasteiger partial charge in [-0.05, 0) is 25.1 Å². The van der Waals surface area contributed by atoms with E-state index in [9.17, 15) is 26.0 Å². The molecule has 0 radical (unpaired) electrons. The largest absolute Gasteiger partial charge is 0.490 e. The van der Waals surface area contributed by atoms with E-state index in [0.29, 0.717) is 5.69 Å². The highest BCUT2D eigenvalue weighted by atomic mass is 35.5. The van der Waals surface area contributed by atoms with E-state index in [1.165, 1.54) is 22.2 Å². The molecule has 0 saturated carbocycles. The highest BCUT2D eigenvalue weighted by Crippen LogP contribution is 2.30. The van der Waals surface area contributed by atoms with Crippen LogP contribution in [0.5, 0.6) is 0 Å². The first-order chi connectivity index (χ1) is 13.9. The minimum atomic E-state index is -5.08. The Balaban J connectivity index is 0.000000396. The number of anilines is 2. The second-order valence-electron chi connectivity index (χ2n) is 5.88. The Morgan fingerprint density at radius 2 is 2.03 bits per heavy atom. The van der Waals surface area contributed by atoms with Crippen molar-refractivity contribution in [2.24, 2.45) is 0 Å². The second kappa shape index (κ2) is 9.76. The maximum Gasteiger partial charge on any atom is 0.490 e. The van der Waals surface area contributed by atoms with E-state index >= 15 is 0 Å². The molecule has 30 heavy (non-hydrogen) atoms. The first-order valence-corrected chi connectivity index (χ1v) is 10.9. The summed E-state index contributed by atoms with van der Waals surface area (Å²) in [5, 5.41) is 15.1. The summed E-state index contributed by atoms with van der Waals surface area (Å²) in [5.41, 5.74) is 1.86. The zero-order valence-electron chi connectivity index (χ0n) is 14.8. The number of nitrogens with zero attached hydrogens (tertiary/aromatic N) is 1. The van der Waals surface area contributed by atoms with Crippen molar-refractivity contribution < 1.29 is 35.9 Å². The quantitative estimate of drug-likeness (QED) is 0.475. The normalized spacial score (nSPS) is 16.5. The first kappa shape index (κ1) is 24.1. The van der Waals surface area contributed by atoms with E-state index in [-0.39, 0.29) is 16.9 Å². The molecule has 8 nitrogen and oxygen atoms in total. The Morgan fingerprint density at radius 1 is 1.37 bits per heavy atom. The van der Waals surface area contributed by atoms with Gasteiger partial charge in [-0.15, -0.1) is 11.3 Å². The minimum absolute atomic E-state index is 0.141. The minimum Gasteiger partial charge on any atom is -0.475 e. The smallest absolute Gasteiger partial charge is 0.475 e. The van der Waals surface area contributed by atoms with Crippen LogP contribution in [0.4, 0.5) is 29.1 Å². The van der Waals surface area contributed by atoms with Gasteiger partial charge in [0, 0.05) is 18.0 Å². The topological polar surface area (TPSA) is 120 Å². The van der Waals surface area contributed by atoms with Crippen LogP contribution < -0.4 is 15.4 Å². The van der Waals surface area contributed by atoms with Crippen molar-refractivity contribution in [1.29, 1.82) is 0 Å². The van der Waals surface area contributed by atoms with Gasteiger partial charge < -0.3 is 15.7 Å². The lowest BCUT2D eigenvalue weighted by atomic mass is 10.2. The molecule has 1 aliphatic heterocycles. The van der Waals surface area contributed by atoms with E-state index in [2.05, 4.69) is 20.3 Å². The maximum absolute atomic E-state index is 14.3. The summed E-state index contributed by atoms with van der Waals surface area (Å²) in [6, 6.07) is 2.36. The Morgan fingerprint density at radius 3 is 2.53 bits per heavy atom. The van der Waals surface area contributed by atoms with Gasteiger partial charge in [0.25, 0.3) is 10.0 Å². The van der Waals surface area contributed by atoms with Crippen LogP contribution in [-0.4, -0.2) is 49.8 Å². The molecular formula is C15H15ClF4N4O4S2. The number of aromatic nitrogens is 1. The summed E-state index contributed by atoms with van der Waals surface area (Å²) in [7, 11) is -4.09. The zero-order valence-corrected chi connectivity index (χ0v) is 17.2. The van der Waals surface area contributed by atoms with Crippen molar-refractivity contribution >= 4 is 50.4 Å². The van der Waals surface area contributed by atoms with E-state index in [0.717, 1.165) is 31.6 Å². The summed E-state index contributed by atoms with van der Waals surface area (Å²) < 4.78 is 72.7. The van der Waals surface area contributed by atoms with Crippen molar-refractivity contribution in [2.75, 3.05) is 23.1 Å². The third-order valence-electron chi connectivity index (χ3n) is 3.64. The standard InChI is InChI=1S/C13H14ClFN4O2S2.C2HF3O2/c14-9-3-12(23(20,21)19-13-6-22-7-17-13)10(15)4-11(9)18-8-1-2-16-5-8;3-2(4,5)1(6)7/h3-4,6-8,16,18-19H,1-2,5H2;(H,6,7)/t8-;/m1./s1. The lowest BCUT2D eigenvalue weighted by molar-refractivity contribution is -0.192. The van der Waals surface area contributed by atoms with E-state index < -0.39 is 32.9 Å². The van der Waals surface area contributed by atoms with Gasteiger partial charge in [-0.3, -0.25) is 4.72 Å². The predicted octanol–water partition coefficient (Wildman–Crippen LogP) is 3.14. The number of sulfonamides is 1. The maximum atomic E-state index is 14.3. The van der Waals surface area contributed by atoms with Gasteiger partial charge in [0.2, 0.25) is 0 Å². The van der Waals surface area contributed by atoms with Gasteiger partial charge in [-0.25, -0.2) is 22.6 Å². The first-order valence-electron chi connectivity index (χ1n) is 8.07. The number of carboxylic acids is 1. The van der Waals surface area contributed by atoms with Gasteiger partial charge in [-0.2, -0.15) is 13.2 Å². The van der Waals surface area contributed by atoms with Crippen molar-refractivity contribution in [1.82, 2.24) is 10.3 Å². The van der Waals surface area contributed by atoms with Crippen LogP contribution in [0.15, 0.2) is 27.9 Å². The zero-order chi connectivity index (χ0) is 22.5. The van der Waals surface area contributed by atoms with Crippen LogP contribution in [0.1, 0.15) is 6.42 Å². The van der Waals surface area contributed by atoms with Gasteiger partial charge in [0.05, 0.1) is 16.2 Å². The molecule has 3 rings (SSSR count). The molecule has 0 aliphatic carbocycles. The van der Waals surface area contributed by atoms with Gasteiger partial charge in [0.15, 0.2) is 5.82 Å². The number of thiazole rings is 1. The molecule has 0 bridgehead atoms. The Hall–Kier alpha value is -2.16. The third-order valence-corrected chi connectivity index (χ3v) is 5.91. The molecule has 1 fully saturated rings. The molecule has 1 aromatic carbocycles. The second-order valence-corrected chi connectivity index (χ2v) is 8.66. The number of aliphatic carboxylic acids is 1. The van der Waals surface area contributed by atoms with Gasteiger partial charge >= 0.3 is 12.1 Å². The summed E-state index contributed by atoms with van der Waals surface area (Å²) in [5.74, 6) is -3.48. The van der Waals surface area contributed by atoms with Gasteiger partial charge in [-0.1, -0.05) is 11.6 Å². The molecule has 0 unspecified atom stereocenters.